The van der Waals surface area contributed by atoms with Gasteiger partial charge < -0.3 is 5.32 Å². The lowest BCUT2D eigenvalue weighted by molar-refractivity contribution is -0.119. The number of sulfonamides is 1. The van der Waals surface area contributed by atoms with E-state index in [4.69, 9.17) is 0 Å². The number of rotatable bonds is 5. The number of benzene rings is 2. The summed E-state index contributed by atoms with van der Waals surface area (Å²) in [5.41, 5.74) is 5.95. The predicted molar refractivity (Wildman–Crippen MR) is 105 cm³/mol. The molecule has 0 spiro atoms. The minimum atomic E-state index is -3.71. The van der Waals surface area contributed by atoms with Crippen molar-refractivity contribution in [3.63, 3.8) is 0 Å². The Morgan fingerprint density at radius 3 is 1.77 bits per heavy atom. The summed E-state index contributed by atoms with van der Waals surface area (Å²) >= 11 is 0. The first kappa shape index (κ1) is 20.0. The normalized spacial score (nSPS) is 11.3. The first-order valence-electron chi connectivity index (χ1n) is 8.47. The van der Waals surface area contributed by atoms with E-state index < -0.39 is 10.0 Å². The van der Waals surface area contributed by atoms with Crippen molar-refractivity contribution >= 4 is 21.6 Å². The lowest BCUT2D eigenvalue weighted by Crippen LogP contribution is -2.20. The van der Waals surface area contributed by atoms with Crippen LogP contribution in [0.4, 0.5) is 5.69 Å². The number of anilines is 1. The molecule has 0 fully saturated rings. The Morgan fingerprint density at radius 1 is 0.846 bits per heavy atom. The molecule has 0 aromatic heterocycles. The van der Waals surface area contributed by atoms with Gasteiger partial charge in [-0.05, 0) is 80.1 Å². The topological polar surface area (TPSA) is 75.3 Å². The maximum absolute atomic E-state index is 13.0. The fourth-order valence-electron chi connectivity index (χ4n) is 3.04. The third-order valence-electron chi connectivity index (χ3n) is 5.05. The van der Waals surface area contributed by atoms with Gasteiger partial charge in [0, 0.05) is 12.7 Å². The van der Waals surface area contributed by atoms with Gasteiger partial charge in [-0.15, -0.1) is 0 Å². The van der Waals surface area contributed by atoms with E-state index in [1.807, 2.05) is 34.6 Å². The second kappa shape index (κ2) is 7.50. The minimum absolute atomic E-state index is 0.0878. The van der Waals surface area contributed by atoms with Gasteiger partial charge in [-0.25, -0.2) is 8.42 Å². The monoisotopic (exact) mass is 374 g/mol. The number of carbonyl (C=O) groups excluding carboxylic acids is 1. The van der Waals surface area contributed by atoms with E-state index in [2.05, 4.69) is 10.0 Å². The average Bonchev–Trinajstić information content (AvgIpc) is 2.59. The zero-order chi connectivity index (χ0) is 19.6. The van der Waals surface area contributed by atoms with Gasteiger partial charge in [0.05, 0.1) is 11.3 Å². The highest BCUT2D eigenvalue weighted by Gasteiger charge is 2.23. The third kappa shape index (κ3) is 3.90. The van der Waals surface area contributed by atoms with Crippen LogP contribution in [-0.4, -0.2) is 21.4 Å². The molecule has 140 valence electrons. The SMILES string of the molecule is CNC(=O)Cc1ccc(NS(=O)(=O)c2c(C)c(C)c(C)c(C)c2C)cc1. The van der Waals surface area contributed by atoms with Crippen LogP contribution in [0.3, 0.4) is 0 Å². The van der Waals surface area contributed by atoms with Crippen LogP contribution in [0.2, 0.25) is 0 Å². The number of amides is 1. The van der Waals surface area contributed by atoms with Crippen molar-refractivity contribution in [2.45, 2.75) is 45.9 Å². The van der Waals surface area contributed by atoms with Crippen LogP contribution in [0.5, 0.6) is 0 Å². The Hall–Kier alpha value is -2.34. The number of carbonyl (C=O) groups is 1. The summed E-state index contributed by atoms with van der Waals surface area (Å²) in [4.78, 5) is 11.8. The molecule has 0 heterocycles. The van der Waals surface area contributed by atoms with Gasteiger partial charge in [0.2, 0.25) is 5.91 Å². The summed E-state index contributed by atoms with van der Waals surface area (Å²) in [6.07, 6.45) is 0.262. The van der Waals surface area contributed by atoms with Gasteiger partial charge in [0.15, 0.2) is 0 Å². The molecular weight excluding hydrogens is 348 g/mol. The minimum Gasteiger partial charge on any atom is -0.359 e. The molecule has 0 saturated carbocycles. The standard InChI is InChI=1S/C20H26N2O3S/c1-12-13(2)15(4)20(16(5)14(12)3)26(24,25)22-18-9-7-17(8-10-18)11-19(23)21-6/h7-10,22H,11H2,1-6H3,(H,21,23). The first-order valence-corrected chi connectivity index (χ1v) is 9.96. The smallest absolute Gasteiger partial charge is 0.262 e. The van der Waals surface area contributed by atoms with Crippen molar-refractivity contribution < 1.29 is 13.2 Å². The van der Waals surface area contributed by atoms with Crippen molar-refractivity contribution in [3.8, 4) is 0 Å². The molecular formula is C20H26N2O3S. The summed E-state index contributed by atoms with van der Waals surface area (Å²) < 4.78 is 28.6. The molecule has 0 atom stereocenters. The number of nitrogens with one attached hydrogen (secondary N) is 2. The quantitative estimate of drug-likeness (QED) is 0.843. The fraction of sp³-hybridized carbons (Fsp3) is 0.350. The lowest BCUT2D eigenvalue weighted by atomic mass is 9.95. The lowest BCUT2D eigenvalue weighted by Gasteiger charge is -2.19. The summed E-state index contributed by atoms with van der Waals surface area (Å²) in [6.45, 7) is 9.60. The van der Waals surface area contributed by atoms with Crippen LogP contribution in [0.1, 0.15) is 33.4 Å². The Morgan fingerprint density at radius 2 is 1.31 bits per heavy atom. The third-order valence-corrected chi connectivity index (χ3v) is 6.70. The molecule has 5 nitrogen and oxygen atoms in total. The second-order valence-corrected chi connectivity index (χ2v) is 8.23. The number of hydrogen-bond donors (Lipinski definition) is 2. The predicted octanol–water partition coefficient (Wildman–Crippen LogP) is 3.32. The molecule has 0 radical (unpaired) electrons. The molecule has 0 aliphatic heterocycles. The molecule has 0 aliphatic rings. The maximum Gasteiger partial charge on any atom is 0.262 e. The number of hydrogen-bond acceptors (Lipinski definition) is 3. The van der Waals surface area contributed by atoms with E-state index in [1.54, 1.807) is 31.3 Å². The Balaban J connectivity index is 2.37. The highest BCUT2D eigenvalue weighted by atomic mass is 32.2. The Bertz CT molecular complexity index is 917. The van der Waals surface area contributed by atoms with Gasteiger partial charge in [-0.2, -0.15) is 0 Å². The first-order chi connectivity index (χ1) is 12.1. The van der Waals surface area contributed by atoms with E-state index in [-0.39, 0.29) is 12.3 Å². The van der Waals surface area contributed by atoms with Crippen LogP contribution >= 0.6 is 0 Å². The highest BCUT2D eigenvalue weighted by Crippen LogP contribution is 2.30. The Labute approximate surface area is 155 Å². The van der Waals surface area contributed by atoms with E-state index in [1.165, 1.54) is 0 Å². The highest BCUT2D eigenvalue weighted by molar-refractivity contribution is 7.92. The molecule has 0 saturated heterocycles. The van der Waals surface area contributed by atoms with E-state index in [0.29, 0.717) is 10.6 Å². The van der Waals surface area contributed by atoms with Crippen LogP contribution < -0.4 is 10.0 Å². The zero-order valence-corrected chi connectivity index (χ0v) is 17.0. The molecule has 0 bridgehead atoms. The van der Waals surface area contributed by atoms with Crippen molar-refractivity contribution in [2.24, 2.45) is 0 Å². The van der Waals surface area contributed by atoms with Crippen LogP contribution in [0, 0.1) is 34.6 Å². The molecule has 6 heteroatoms. The second-order valence-electron chi connectivity index (χ2n) is 6.61. The van der Waals surface area contributed by atoms with Crippen molar-refractivity contribution in [1.82, 2.24) is 5.32 Å². The van der Waals surface area contributed by atoms with Crippen LogP contribution in [0.15, 0.2) is 29.2 Å². The average molecular weight is 375 g/mol. The van der Waals surface area contributed by atoms with Crippen molar-refractivity contribution in [3.05, 3.63) is 57.6 Å². The summed E-state index contributed by atoms with van der Waals surface area (Å²) in [7, 11) is -2.12. The Kier molecular flexibility index (Phi) is 5.76. The molecule has 2 aromatic rings. The van der Waals surface area contributed by atoms with Crippen LogP contribution in [0.25, 0.3) is 0 Å². The summed E-state index contributed by atoms with van der Waals surface area (Å²) in [5.74, 6) is -0.0878. The van der Waals surface area contributed by atoms with E-state index in [9.17, 15) is 13.2 Å². The molecule has 2 N–H and O–H groups in total. The van der Waals surface area contributed by atoms with Crippen molar-refractivity contribution in [1.29, 1.82) is 0 Å². The molecule has 0 unspecified atom stereocenters. The van der Waals surface area contributed by atoms with Crippen LogP contribution in [-0.2, 0) is 21.2 Å². The molecule has 1 amide bonds. The van der Waals surface area contributed by atoms with Gasteiger partial charge in [0.1, 0.15) is 0 Å². The maximum atomic E-state index is 13.0. The summed E-state index contributed by atoms with van der Waals surface area (Å²) in [6, 6.07) is 6.85. The van der Waals surface area contributed by atoms with Gasteiger partial charge in [-0.3, -0.25) is 9.52 Å². The molecule has 0 aliphatic carbocycles. The summed E-state index contributed by atoms with van der Waals surface area (Å²) in [5, 5.41) is 2.56. The van der Waals surface area contributed by atoms with Gasteiger partial charge in [0.25, 0.3) is 10.0 Å². The zero-order valence-electron chi connectivity index (χ0n) is 16.1. The van der Waals surface area contributed by atoms with Crippen molar-refractivity contribution in [2.75, 3.05) is 11.8 Å². The number of likely N-dealkylation sites (N-methyl/N-ethyl adjacent to an activating group) is 1. The van der Waals surface area contributed by atoms with Gasteiger partial charge in [-0.1, -0.05) is 12.1 Å². The van der Waals surface area contributed by atoms with E-state index in [0.717, 1.165) is 33.4 Å². The largest absolute Gasteiger partial charge is 0.359 e. The fourth-order valence-corrected chi connectivity index (χ4v) is 4.70. The molecule has 2 rings (SSSR count). The van der Waals surface area contributed by atoms with E-state index >= 15 is 0 Å². The molecule has 2 aromatic carbocycles. The van der Waals surface area contributed by atoms with Gasteiger partial charge >= 0.3 is 0 Å². The molecule has 26 heavy (non-hydrogen) atoms.